The van der Waals surface area contributed by atoms with Crippen LogP contribution >= 0.6 is 11.6 Å². The van der Waals surface area contributed by atoms with Gasteiger partial charge in [-0.15, -0.1) is 0 Å². The number of aromatic amines is 1. The van der Waals surface area contributed by atoms with Crippen LogP contribution in [0.5, 0.6) is 0 Å². The zero-order chi connectivity index (χ0) is 16.6. The van der Waals surface area contributed by atoms with Gasteiger partial charge in [-0.1, -0.05) is 29.8 Å². The Labute approximate surface area is 145 Å². The number of halogens is 1. The van der Waals surface area contributed by atoms with Crippen LogP contribution in [0.2, 0.25) is 5.02 Å². The van der Waals surface area contributed by atoms with Gasteiger partial charge in [-0.05, 0) is 31.7 Å². The van der Waals surface area contributed by atoms with Crippen LogP contribution < -0.4 is 5.32 Å². The number of aromatic nitrogens is 2. The molecule has 6 heteroatoms. The summed E-state index contributed by atoms with van der Waals surface area (Å²) in [7, 11) is 0. The lowest BCUT2D eigenvalue weighted by Gasteiger charge is -2.44. The summed E-state index contributed by atoms with van der Waals surface area (Å²) in [6.07, 6.45) is 7.81. The number of benzene rings is 1. The Morgan fingerprint density at radius 2 is 2.17 bits per heavy atom. The number of carbonyl (C=O) groups excluding carboxylic acids is 1. The largest absolute Gasteiger partial charge is 0.349 e. The minimum absolute atomic E-state index is 0.0584. The van der Waals surface area contributed by atoms with Crippen molar-refractivity contribution in [3.8, 4) is 0 Å². The van der Waals surface area contributed by atoms with E-state index >= 15 is 0 Å². The summed E-state index contributed by atoms with van der Waals surface area (Å²) in [5.41, 5.74) is 1.45. The first-order valence-electron chi connectivity index (χ1n) is 8.31. The number of imidazole rings is 1. The molecule has 2 N–H and O–H groups in total. The Balaban J connectivity index is 1.74. The van der Waals surface area contributed by atoms with E-state index in [0.29, 0.717) is 11.4 Å². The predicted octanol–water partition coefficient (Wildman–Crippen LogP) is 3.01. The molecular weight excluding hydrogens is 324 g/mol. The van der Waals surface area contributed by atoms with Gasteiger partial charge in [0.2, 0.25) is 5.91 Å². The number of carbonyl (C=O) groups is 1. The maximum Gasteiger partial charge on any atom is 0.246 e. The molecule has 0 spiro atoms. The Kier molecular flexibility index (Phi) is 3.88. The Hall–Kier alpha value is -2.14. The van der Waals surface area contributed by atoms with Gasteiger partial charge in [0.1, 0.15) is 17.4 Å². The van der Waals surface area contributed by atoms with Gasteiger partial charge < -0.3 is 10.3 Å². The second-order valence-corrected chi connectivity index (χ2v) is 6.82. The molecule has 4 rings (SSSR count). The van der Waals surface area contributed by atoms with Crippen molar-refractivity contribution in [1.82, 2.24) is 15.3 Å². The highest BCUT2D eigenvalue weighted by Crippen LogP contribution is 2.40. The van der Waals surface area contributed by atoms with Crippen LogP contribution in [0.3, 0.4) is 0 Å². The third kappa shape index (κ3) is 2.53. The van der Waals surface area contributed by atoms with Crippen LogP contribution in [0, 0.1) is 0 Å². The first-order valence-corrected chi connectivity index (χ1v) is 8.69. The summed E-state index contributed by atoms with van der Waals surface area (Å²) in [5.74, 6) is 0.720. The predicted molar refractivity (Wildman–Crippen MR) is 93.3 cm³/mol. The van der Waals surface area contributed by atoms with Gasteiger partial charge in [0, 0.05) is 35.1 Å². The Bertz CT molecular complexity index is 786. The summed E-state index contributed by atoms with van der Waals surface area (Å²) in [6.45, 7) is 0. The number of amides is 1. The van der Waals surface area contributed by atoms with E-state index in [1.807, 2.05) is 24.3 Å². The number of hydrogen-bond donors (Lipinski definition) is 2. The monoisotopic (exact) mass is 342 g/mol. The van der Waals surface area contributed by atoms with Gasteiger partial charge in [-0.3, -0.25) is 9.79 Å². The van der Waals surface area contributed by atoms with Gasteiger partial charge in [0.25, 0.3) is 0 Å². The molecule has 2 atom stereocenters. The Morgan fingerprint density at radius 3 is 2.96 bits per heavy atom. The number of rotatable bonds is 3. The summed E-state index contributed by atoms with van der Waals surface area (Å²) >= 11 is 6.45. The average molecular weight is 343 g/mol. The molecule has 5 nitrogen and oxygen atoms in total. The minimum atomic E-state index is -0.548. The van der Waals surface area contributed by atoms with Gasteiger partial charge in [-0.2, -0.15) is 0 Å². The van der Waals surface area contributed by atoms with E-state index in [1.54, 1.807) is 12.4 Å². The Morgan fingerprint density at radius 1 is 1.29 bits per heavy atom. The lowest BCUT2D eigenvalue weighted by atomic mass is 9.73. The SMILES string of the molecule is O=C1NC2(c3ccccc3Cl)CCCCC2=NC1Cc1ncc[nH]1. The van der Waals surface area contributed by atoms with E-state index in [2.05, 4.69) is 15.3 Å². The van der Waals surface area contributed by atoms with Crippen LogP contribution in [-0.4, -0.2) is 27.6 Å². The molecule has 1 fully saturated rings. The van der Waals surface area contributed by atoms with E-state index in [9.17, 15) is 4.79 Å². The molecule has 1 aliphatic carbocycles. The average Bonchev–Trinajstić information content (AvgIpc) is 3.09. The van der Waals surface area contributed by atoms with Crippen molar-refractivity contribution in [2.75, 3.05) is 0 Å². The molecule has 2 aliphatic rings. The maximum atomic E-state index is 12.8. The smallest absolute Gasteiger partial charge is 0.246 e. The van der Waals surface area contributed by atoms with Crippen LogP contribution in [0.4, 0.5) is 0 Å². The zero-order valence-electron chi connectivity index (χ0n) is 13.3. The van der Waals surface area contributed by atoms with Crippen molar-refractivity contribution in [3.05, 3.63) is 53.1 Å². The molecule has 2 heterocycles. The first kappa shape index (κ1) is 15.4. The lowest BCUT2D eigenvalue weighted by molar-refractivity contribution is -0.124. The van der Waals surface area contributed by atoms with Crippen molar-refractivity contribution < 1.29 is 4.79 Å². The summed E-state index contributed by atoms with van der Waals surface area (Å²) < 4.78 is 0. The number of fused-ring (bicyclic) bond motifs is 1. The third-order valence-electron chi connectivity index (χ3n) is 4.93. The normalized spacial score (nSPS) is 26.5. The van der Waals surface area contributed by atoms with Crippen molar-refractivity contribution >= 4 is 23.2 Å². The molecule has 0 bridgehead atoms. The molecule has 124 valence electrons. The van der Waals surface area contributed by atoms with Crippen LogP contribution in [0.25, 0.3) is 0 Å². The van der Waals surface area contributed by atoms with E-state index in [0.717, 1.165) is 42.8 Å². The highest BCUT2D eigenvalue weighted by molar-refractivity contribution is 6.32. The molecule has 1 aromatic carbocycles. The first-order chi connectivity index (χ1) is 11.7. The van der Waals surface area contributed by atoms with Crippen molar-refractivity contribution in [2.24, 2.45) is 4.99 Å². The highest BCUT2D eigenvalue weighted by atomic mass is 35.5. The number of hydrogen-bond acceptors (Lipinski definition) is 3. The number of H-pyrrole nitrogens is 1. The lowest BCUT2D eigenvalue weighted by Crippen LogP contribution is -2.59. The molecule has 0 radical (unpaired) electrons. The zero-order valence-corrected chi connectivity index (χ0v) is 14.0. The summed E-state index contributed by atoms with van der Waals surface area (Å²) in [5, 5.41) is 3.93. The molecule has 1 aromatic heterocycles. The second-order valence-electron chi connectivity index (χ2n) is 6.41. The minimum Gasteiger partial charge on any atom is -0.349 e. The molecule has 2 unspecified atom stereocenters. The fourth-order valence-electron chi connectivity index (χ4n) is 3.79. The summed E-state index contributed by atoms with van der Waals surface area (Å²) in [4.78, 5) is 24.9. The van der Waals surface area contributed by atoms with Crippen molar-refractivity contribution in [3.63, 3.8) is 0 Å². The molecule has 1 aliphatic heterocycles. The van der Waals surface area contributed by atoms with E-state index in [-0.39, 0.29) is 5.91 Å². The van der Waals surface area contributed by atoms with Crippen LogP contribution in [0.1, 0.15) is 37.1 Å². The van der Waals surface area contributed by atoms with Gasteiger partial charge in [0.05, 0.1) is 0 Å². The standard InChI is InChI=1S/C18H19ClN4O/c19-13-6-2-1-5-12(13)18-8-4-3-7-15(18)22-14(17(24)23-18)11-16-20-9-10-21-16/h1-2,5-6,9-10,14H,3-4,7-8,11H2,(H,20,21)(H,23,24). The highest BCUT2D eigenvalue weighted by Gasteiger charge is 2.46. The number of nitrogens with zero attached hydrogens (tertiary/aromatic N) is 2. The number of nitrogens with one attached hydrogen (secondary N) is 2. The second kappa shape index (κ2) is 6.06. The molecule has 1 saturated carbocycles. The van der Waals surface area contributed by atoms with Crippen LogP contribution in [-0.2, 0) is 16.8 Å². The van der Waals surface area contributed by atoms with Crippen molar-refractivity contribution in [1.29, 1.82) is 0 Å². The summed E-state index contributed by atoms with van der Waals surface area (Å²) in [6, 6.07) is 7.31. The molecule has 2 aromatic rings. The van der Waals surface area contributed by atoms with E-state index in [1.165, 1.54) is 0 Å². The van der Waals surface area contributed by atoms with E-state index < -0.39 is 11.6 Å². The van der Waals surface area contributed by atoms with E-state index in [4.69, 9.17) is 16.6 Å². The quantitative estimate of drug-likeness (QED) is 0.900. The third-order valence-corrected chi connectivity index (χ3v) is 5.26. The van der Waals surface area contributed by atoms with Gasteiger partial charge >= 0.3 is 0 Å². The van der Waals surface area contributed by atoms with Gasteiger partial charge in [-0.25, -0.2) is 4.98 Å². The molecule has 0 saturated heterocycles. The topological polar surface area (TPSA) is 70.1 Å². The fraction of sp³-hybridized carbons (Fsp3) is 0.389. The maximum absolute atomic E-state index is 12.8. The fourth-order valence-corrected chi connectivity index (χ4v) is 4.08. The number of aliphatic imine (C=N–C) groups is 1. The molecule has 1 amide bonds. The van der Waals surface area contributed by atoms with Crippen molar-refractivity contribution in [2.45, 2.75) is 43.7 Å². The molecule has 24 heavy (non-hydrogen) atoms. The van der Waals surface area contributed by atoms with Gasteiger partial charge in [0.15, 0.2) is 0 Å². The molecular formula is C18H19ClN4O. The van der Waals surface area contributed by atoms with Crippen LogP contribution in [0.15, 0.2) is 41.7 Å².